The molecule has 2 aromatic rings. The third-order valence-electron chi connectivity index (χ3n) is 2.87. The van der Waals surface area contributed by atoms with Crippen LogP contribution >= 0.6 is 11.6 Å². The molecule has 0 radical (unpaired) electrons. The molecule has 1 aromatic heterocycles. The summed E-state index contributed by atoms with van der Waals surface area (Å²) in [6.07, 6.45) is 0. The Morgan fingerprint density at radius 2 is 1.90 bits per heavy atom. The molecule has 7 heteroatoms. The SMILES string of the molecule is CNc1nc(Cl)nc(NC(C)c2ccc(C)c(F)c2)n1. The van der Waals surface area contributed by atoms with Gasteiger partial charge in [-0.15, -0.1) is 0 Å². The standard InChI is InChI=1S/C13H15ClFN5/c1-7-4-5-9(6-10(7)15)8(2)17-13-19-11(14)18-12(16-3)20-13/h4-6,8H,1-3H3,(H2,16,17,18,19,20). The first kappa shape index (κ1) is 14.5. The number of nitrogens with one attached hydrogen (secondary N) is 2. The highest BCUT2D eigenvalue weighted by Crippen LogP contribution is 2.20. The molecule has 5 nitrogen and oxygen atoms in total. The van der Waals surface area contributed by atoms with E-state index < -0.39 is 0 Å². The molecule has 0 fully saturated rings. The zero-order chi connectivity index (χ0) is 14.7. The van der Waals surface area contributed by atoms with Gasteiger partial charge in [0.25, 0.3) is 0 Å². The molecule has 20 heavy (non-hydrogen) atoms. The van der Waals surface area contributed by atoms with E-state index in [1.165, 1.54) is 6.07 Å². The van der Waals surface area contributed by atoms with Crippen LogP contribution in [0.5, 0.6) is 0 Å². The van der Waals surface area contributed by atoms with Gasteiger partial charge in [0.1, 0.15) is 5.82 Å². The molecule has 1 heterocycles. The highest BCUT2D eigenvalue weighted by atomic mass is 35.5. The highest BCUT2D eigenvalue weighted by Gasteiger charge is 2.11. The van der Waals surface area contributed by atoms with Gasteiger partial charge in [0.2, 0.25) is 17.2 Å². The normalized spacial score (nSPS) is 12.1. The van der Waals surface area contributed by atoms with Crippen molar-refractivity contribution in [2.24, 2.45) is 0 Å². The molecule has 1 unspecified atom stereocenters. The van der Waals surface area contributed by atoms with Gasteiger partial charge in [-0.2, -0.15) is 15.0 Å². The number of aryl methyl sites for hydroxylation is 1. The van der Waals surface area contributed by atoms with E-state index in [4.69, 9.17) is 11.6 Å². The Bertz CT molecular complexity index is 620. The van der Waals surface area contributed by atoms with Crippen molar-refractivity contribution in [3.05, 3.63) is 40.4 Å². The number of benzene rings is 1. The summed E-state index contributed by atoms with van der Waals surface area (Å²) < 4.78 is 13.6. The summed E-state index contributed by atoms with van der Waals surface area (Å²) in [5, 5.41) is 5.95. The minimum absolute atomic E-state index is 0.0918. The van der Waals surface area contributed by atoms with Gasteiger partial charge in [-0.25, -0.2) is 4.39 Å². The van der Waals surface area contributed by atoms with Crippen LogP contribution < -0.4 is 10.6 Å². The molecular formula is C13H15ClFN5. The van der Waals surface area contributed by atoms with Crippen LogP contribution in [0.1, 0.15) is 24.1 Å². The Balaban J connectivity index is 2.20. The van der Waals surface area contributed by atoms with Gasteiger partial charge in [0.15, 0.2) is 0 Å². The summed E-state index contributed by atoms with van der Waals surface area (Å²) in [6.45, 7) is 3.61. The Morgan fingerprint density at radius 1 is 1.20 bits per heavy atom. The fourth-order valence-corrected chi connectivity index (χ4v) is 1.84. The Hall–Kier alpha value is -1.95. The van der Waals surface area contributed by atoms with Crippen LogP contribution in [0.25, 0.3) is 0 Å². The molecular weight excluding hydrogens is 281 g/mol. The van der Waals surface area contributed by atoms with E-state index in [2.05, 4.69) is 25.6 Å². The summed E-state index contributed by atoms with van der Waals surface area (Å²) in [6, 6.07) is 4.93. The molecule has 0 saturated heterocycles. The van der Waals surface area contributed by atoms with Crippen LogP contribution in [0.4, 0.5) is 16.3 Å². The van der Waals surface area contributed by atoms with E-state index in [0.29, 0.717) is 17.5 Å². The van der Waals surface area contributed by atoms with Crippen molar-refractivity contribution in [3.63, 3.8) is 0 Å². The molecule has 0 aliphatic heterocycles. The number of hydrogen-bond donors (Lipinski definition) is 2. The predicted molar refractivity (Wildman–Crippen MR) is 77.6 cm³/mol. The largest absolute Gasteiger partial charge is 0.357 e. The van der Waals surface area contributed by atoms with E-state index in [0.717, 1.165) is 5.56 Å². The Labute approximate surface area is 121 Å². The van der Waals surface area contributed by atoms with Gasteiger partial charge >= 0.3 is 0 Å². The van der Waals surface area contributed by atoms with Crippen molar-refractivity contribution in [3.8, 4) is 0 Å². The van der Waals surface area contributed by atoms with Crippen molar-refractivity contribution in [2.75, 3.05) is 17.7 Å². The summed E-state index contributed by atoms with van der Waals surface area (Å²) in [4.78, 5) is 12.0. The van der Waals surface area contributed by atoms with Crippen molar-refractivity contribution in [2.45, 2.75) is 19.9 Å². The number of aromatic nitrogens is 3. The van der Waals surface area contributed by atoms with Gasteiger partial charge in [-0.3, -0.25) is 0 Å². The predicted octanol–water partition coefficient (Wildman–Crippen LogP) is 3.19. The molecule has 0 spiro atoms. The van der Waals surface area contributed by atoms with Crippen LogP contribution in [0.2, 0.25) is 5.28 Å². The minimum atomic E-state index is -0.235. The summed E-state index contributed by atoms with van der Waals surface area (Å²) in [7, 11) is 1.69. The van der Waals surface area contributed by atoms with Crippen LogP contribution in [0, 0.1) is 12.7 Å². The van der Waals surface area contributed by atoms with Crippen molar-refractivity contribution in [1.29, 1.82) is 0 Å². The second-order valence-electron chi connectivity index (χ2n) is 4.38. The number of anilines is 2. The molecule has 1 aromatic carbocycles. The molecule has 0 saturated carbocycles. The van der Waals surface area contributed by atoms with Crippen LogP contribution in [0.15, 0.2) is 18.2 Å². The van der Waals surface area contributed by atoms with Gasteiger partial charge in [0.05, 0.1) is 6.04 Å². The third-order valence-corrected chi connectivity index (χ3v) is 3.04. The second-order valence-corrected chi connectivity index (χ2v) is 4.71. The lowest BCUT2D eigenvalue weighted by Crippen LogP contribution is -2.11. The molecule has 0 aliphatic carbocycles. The van der Waals surface area contributed by atoms with Crippen LogP contribution in [-0.4, -0.2) is 22.0 Å². The fourth-order valence-electron chi connectivity index (χ4n) is 1.68. The van der Waals surface area contributed by atoms with E-state index in [-0.39, 0.29) is 17.1 Å². The quantitative estimate of drug-likeness (QED) is 0.907. The molecule has 0 bridgehead atoms. The Kier molecular flexibility index (Phi) is 4.34. The Morgan fingerprint density at radius 3 is 2.55 bits per heavy atom. The smallest absolute Gasteiger partial charge is 0.229 e. The molecule has 0 aliphatic rings. The first-order valence-corrected chi connectivity index (χ1v) is 6.49. The average molecular weight is 296 g/mol. The van der Waals surface area contributed by atoms with E-state index in [9.17, 15) is 4.39 Å². The number of hydrogen-bond acceptors (Lipinski definition) is 5. The lowest BCUT2D eigenvalue weighted by Gasteiger charge is -2.15. The number of halogens is 2. The van der Waals surface area contributed by atoms with Gasteiger partial charge in [0, 0.05) is 7.05 Å². The summed E-state index contributed by atoms with van der Waals surface area (Å²) in [5.41, 5.74) is 1.41. The maximum absolute atomic E-state index is 13.6. The monoisotopic (exact) mass is 295 g/mol. The van der Waals surface area contributed by atoms with Gasteiger partial charge < -0.3 is 10.6 Å². The zero-order valence-electron chi connectivity index (χ0n) is 11.4. The van der Waals surface area contributed by atoms with E-state index in [1.54, 1.807) is 20.0 Å². The van der Waals surface area contributed by atoms with Crippen LogP contribution in [-0.2, 0) is 0 Å². The maximum Gasteiger partial charge on any atom is 0.229 e. The molecule has 0 amide bonds. The van der Waals surface area contributed by atoms with E-state index in [1.807, 2.05) is 13.0 Å². The van der Waals surface area contributed by atoms with Crippen molar-refractivity contribution >= 4 is 23.5 Å². The average Bonchev–Trinajstić information content (AvgIpc) is 2.41. The lowest BCUT2D eigenvalue weighted by atomic mass is 10.1. The topological polar surface area (TPSA) is 62.7 Å². The highest BCUT2D eigenvalue weighted by molar-refractivity contribution is 6.28. The summed E-state index contributed by atoms with van der Waals surface area (Å²) in [5.74, 6) is 0.471. The third kappa shape index (κ3) is 3.33. The number of rotatable bonds is 4. The van der Waals surface area contributed by atoms with Crippen molar-refractivity contribution < 1.29 is 4.39 Å². The minimum Gasteiger partial charge on any atom is -0.357 e. The number of nitrogens with zero attached hydrogens (tertiary/aromatic N) is 3. The van der Waals surface area contributed by atoms with Gasteiger partial charge in [-0.05, 0) is 42.6 Å². The second kappa shape index (κ2) is 6.00. The molecule has 2 rings (SSSR count). The first-order chi connectivity index (χ1) is 9.49. The first-order valence-electron chi connectivity index (χ1n) is 6.11. The van der Waals surface area contributed by atoms with E-state index >= 15 is 0 Å². The molecule has 1 atom stereocenters. The fraction of sp³-hybridized carbons (Fsp3) is 0.308. The lowest BCUT2D eigenvalue weighted by molar-refractivity contribution is 0.614. The zero-order valence-corrected chi connectivity index (χ0v) is 12.2. The molecule has 2 N–H and O–H groups in total. The van der Waals surface area contributed by atoms with Crippen molar-refractivity contribution in [1.82, 2.24) is 15.0 Å². The molecule has 106 valence electrons. The summed E-state index contributed by atoms with van der Waals surface area (Å²) >= 11 is 5.80. The van der Waals surface area contributed by atoms with Crippen LogP contribution in [0.3, 0.4) is 0 Å². The maximum atomic E-state index is 13.6. The van der Waals surface area contributed by atoms with Gasteiger partial charge in [-0.1, -0.05) is 12.1 Å².